The summed E-state index contributed by atoms with van der Waals surface area (Å²) in [5.74, 6) is -3.18. The van der Waals surface area contributed by atoms with Gasteiger partial charge in [0.25, 0.3) is 0 Å². The van der Waals surface area contributed by atoms with Crippen LogP contribution in [0.4, 0.5) is 32.4 Å². The summed E-state index contributed by atoms with van der Waals surface area (Å²) in [6, 6.07) is 5.79. The molecule has 0 bridgehead atoms. The molecule has 0 radical (unpaired) electrons. The van der Waals surface area contributed by atoms with Crippen molar-refractivity contribution in [2.24, 2.45) is 0 Å². The fourth-order valence-electron chi connectivity index (χ4n) is 5.07. The molecule has 1 fully saturated rings. The number of halogens is 5. The first kappa shape index (κ1) is 28.6. The summed E-state index contributed by atoms with van der Waals surface area (Å²) >= 11 is 0. The number of alkyl carbamates (subject to hydrolysis) is 1. The van der Waals surface area contributed by atoms with Crippen molar-refractivity contribution in [3.05, 3.63) is 53.1 Å². The second-order valence-corrected chi connectivity index (χ2v) is 11.0. The predicted octanol–water partition coefficient (Wildman–Crippen LogP) is 5.98. The topological polar surface area (TPSA) is 61.9 Å². The zero-order chi connectivity index (χ0) is 28.7. The highest BCUT2D eigenvalue weighted by molar-refractivity contribution is 5.99. The van der Waals surface area contributed by atoms with E-state index in [1.54, 1.807) is 25.7 Å². The van der Waals surface area contributed by atoms with Crippen molar-refractivity contribution in [2.75, 3.05) is 31.1 Å². The summed E-state index contributed by atoms with van der Waals surface area (Å²) in [4.78, 5) is 28.5. The molecule has 4 rings (SSSR count). The van der Waals surface area contributed by atoms with Crippen molar-refractivity contribution in [3.63, 3.8) is 0 Å². The van der Waals surface area contributed by atoms with Crippen LogP contribution in [0.3, 0.4) is 0 Å². The van der Waals surface area contributed by atoms with E-state index < -0.39 is 47.9 Å². The van der Waals surface area contributed by atoms with Crippen molar-refractivity contribution in [2.45, 2.75) is 64.3 Å². The number of carbonyl (C=O) groups excluding carboxylic acids is 2. The highest BCUT2D eigenvalue weighted by Gasteiger charge is 2.43. The molecule has 0 saturated carbocycles. The molecule has 2 aromatic rings. The fourth-order valence-corrected chi connectivity index (χ4v) is 5.07. The van der Waals surface area contributed by atoms with Crippen LogP contribution in [0.2, 0.25) is 0 Å². The zero-order valence-corrected chi connectivity index (χ0v) is 22.3. The number of anilines is 1. The molecule has 39 heavy (non-hydrogen) atoms. The molecule has 1 aliphatic carbocycles. The third kappa shape index (κ3) is 6.45. The summed E-state index contributed by atoms with van der Waals surface area (Å²) in [7, 11) is 0. The number of hydrogen-bond acceptors (Lipinski definition) is 4. The van der Waals surface area contributed by atoms with Gasteiger partial charge in [0.05, 0.1) is 12.0 Å². The minimum atomic E-state index is -4.61. The summed E-state index contributed by atoms with van der Waals surface area (Å²) in [5, 5.41) is 2.73. The molecule has 1 N–H and O–H groups in total. The third-order valence-electron chi connectivity index (χ3n) is 6.68. The van der Waals surface area contributed by atoms with Gasteiger partial charge in [-0.2, -0.15) is 13.2 Å². The summed E-state index contributed by atoms with van der Waals surface area (Å²) in [6.45, 7) is 6.02. The fraction of sp³-hybridized carbons (Fsp3) is 0.500. The highest BCUT2D eigenvalue weighted by atomic mass is 19.4. The maximum atomic E-state index is 14.9. The number of amides is 2. The Labute approximate surface area is 224 Å². The van der Waals surface area contributed by atoms with Gasteiger partial charge in [0.2, 0.25) is 5.91 Å². The number of benzene rings is 2. The molecule has 1 saturated heterocycles. The Kier molecular flexibility index (Phi) is 7.82. The molecular formula is C28H32F5N3O3. The van der Waals surface area contributed by atoms with E-state index in [0.717, 1.165) is 11.0 Å². The maximum Gasteiger partial charge on any atom is 0.407 e. The van der Waals surface area contributed by atoms with Crippen molar-refractivity contribution in [1.82, 2.24) is 10.2 Å². The van der Waals surface area contributed by atoms with E-state index in [9.17, 15) is 31.5 Å². The Morgan fingerprint density at radius 3 is 2.33 bits per heavy atom. The molecular weight excluding hydrogens is 521 g/mol. The first-order chi connectivity index (χ1) is 18.2. The second kappa shape index (κ2) is 10.7. The number of hydrogen-bond donors (Lipinski definition) is 1. The minimum Gasteiger partial charge on any atom is -0.444 e. The number of nitrogens with zero attached hydrogens (tertiary/aromatic N) is 2. The van der Waals surface area contributed by atoms with Crippen LogP contribution in [0, 0.1) is 11.6 Å². The van der Waals surface area contributed by atoms with Crippen molar-refractivity contribution in [3.8, 4) is 11.1 Å². The van der Waals surface area contributed by atoms with Crippen LogP contribution in [0.1, 0.15) is 57.6 Å². The summed E-state index contributed by atoms with van der Waals surface area (Å²) in [6.07, 6.45) is -4.26. The molecule has 11 heteroatoms. The van der Waals surface area contributed by atoms with Crippen LogP contribution in [0.15, 0.2) is 30.3 Å². The molecule has 1 heterocycles. The number of carbonyl (C=O) groups is 2. The molecule has 2 amide bonds. The number of rotatable bonds is 7. The molecule has 1 aliphatic heterocycles. The lowest BCUT2D eigenvalue weighted by atomic mass is 9.92. The van der Waals surface area contributed by atoms with Gasteiger partial charge in [-0.25, -0.2) is 13.6 Å². The van der Waals surface area contributed by atoms with Gasteiger partial charge in [-0.1, -0.05) is 19.4 Å². The number of nitrogens with one attached hydrogen (secondary N) is 1. The van der Waals surface area contributed by atoms with Crippen LogP contribution in [0.25, 0.3) is 11.1 Å². The quantitative estimate of drug-likeness (QED) is 0.429. The van der Waals surface area contributed by atoms with E-state index in [1.807, 2.05) is 6.92 Å². The van der Waals surface area contributed by atoms with Crippen LogP contribution >= 0.6 is 0 Å². The van der Waals surface area contributed by atoms with Gasteiger partial charge >= 0.3 is 12.3 Å². The SMILES string of the molecule is CCCCN(CC(F)(F)F)C(=O)C1c2ccc(F)cc2-c2cc(F)cc(N3CC(NC(=O)OC(C)(C)C)C3)c21. The van der Waals surface area contributed by atoms with Crippen molar-refractivity contribution >= 4 is 17.7 Å². The largest absolute Gasteiger partial charge is 0.444 e. The molecule has 1 unspecified atom stereocenters. The van der Waals surface area contributed by atoms with Crippen LogP contribution in [-0.4, -0.2) is 60.9 Å². The third-order valence-corrected chi connectivity index (χ3v) is 6.68. The number of ether oxygens (including phenoxy) is 1. The molecule has 2 aromatic carbocycles. The normalized spacial score (nSPS) is 16.8. The Hall–Kier alpha value is -3.37. The lowest BCUT2D eigenvalue weighted by molar-refractivity contribution is -0.161. The van der Waals surface area contributed by atoms with Gasteiger partial charge < -0.3 is 19.9 Å². The molecule has 0 aromatic heterocycles. The lowest BCUT2D eigenvalue weighted by Gasteiger charge is -2.42. The lowest BCUT2D eigenvalue weighted by Crippen LogP contribution is -2.60. The molecule has 212 valence electrons. The highest BCUT2D eigenvalue weighted by Crippen LogP contribution is 2.51. The van der Waals surface area contributed by atoms with E-state index in [4.69, 9.17) is 4.74 Å². The van der Waals surface area contributed by atoms with Crippen molar-refractivity contribution in [1.29, 1.82) is 0 Å². The van der Waals surface area contributed by atoms with E-state index in [0.29, 0.717) is 29.7 Å². The van der Waals surface area contributed by atoms with Gasteiger partial charge in [0.1, 0.15) is 23.8 Å². The summed E-state index contributed by atoms with van der Waals surface area (Å²) < 4.78 is 74.7. The van der Waals surface area contributed by atoms with Crippen LogP contribution in [-0.2, 0) is 9.53 Å². The number of alkyl halides is 3. The maximum absolute atomic E-state index is 14.9. The molecule has 1 atom stereocenters. The smallest absolute Gasteiger partial charge is 0.407 e. The van der Waals surface area contributed by atoms with E-state index >= 15 is 0 Å². The Morgan fingerprint density at radius 1 is 1.05 bits per heavy atom. The van der Waals surface area contributed by atoms with Gasteiger partial charge in [-0.3, -0.25) is 4.79 Å². The van der Waals surface area contributed by atoms with Crippen LogP contribution < -0.4 is 10.2 Å². The zero-order valence-electron chi connectivity index (χ0n) is 22.3. The van der Waals surface area contributed by atoms with E-state index in [2.05, 4.69) is 5.32 Å². The molecule has 2 aliphatic rings. The number of fused-ring (bicyclic) bond motifs is 3. The van der Waals surface area contributed by atoms with Gasteiger partial charge in [0.15, 0.2) is 0 Å². The molecule has 6 nitrogen and oxygen atoms in total. The molecule has 0 spiro atoms. The van der Waals surface area contributed by atoms with Gasteiger partial charge in [-0.05, 0) is 68.1 Å². The Morgan fingerprint density at radius 2 is 1.72 bits per heavy atom. The van der Waals surface area contributed by atoms with Crippen molar-refractivity contribution < 1.29 is 36.3 Å². The minimum absolute atomic E-state index is 0.0979. The first-order valence-corrected chi connectivity index (χ1v) is 12.9. The average Bonchev–Trinajstić information content (AvgIpc) is 3.09. The Balaban J connectivity index is 1.70. The first-order valence-electron chi connectivity index (χ1n) is 12.9. The van der Waals surface area contributed by atoms with Crippen LogP contribution in [0.5, 0.6) is 0 Å². The van der Waals surface area contributed by atoms with Gasteiger partial charge in [-0.15, -0.1) is 0 Å². The average molecular weight is 554 g/mol. The predicted molar refractivity (Wildman–Crippen MR) is 137 cm³/mol. The second-order valence-electron chi connectivity index (χ2n) is 11.0. The van der Waals surface area contributed by atoms with E-state index in [-0.39, 0.29) is 36.8 Å². The number of unbranched alkanes of at least 4 members (excludes halogenated alkanes) is 1. The summed E-state index contributed by atoms with van der Waals surface area (Å²) in [5.41, 5.74) is 0.840. The monoisotopic (exact) mass is 553 g/mol. The Bertz CT molecular complexity index is 1250. The standard InChI is InChI=1S/C28H32F5N3O3/c1-5-6-9-35(15-28(31,32)33)25(37)24-19-8-7-16(29)10-20(19)21-11-17(30)12-22(23(21)24)36-13-18(14-36)34-26(38)39-27(2,3)4/h7-8,10-12,18,24H,5-6,9,13-15H2,1-4H3,(H,34,38). The van der Waals surface area contributed by atoms with E-state index in [1.165, 1.54) is 24.3 Å². The van der Waals surface area contributed by atoms with Gasteiger partial charge in [0, 0.05) is 30.9 Å².